The molecule has 2 aromatic rings. The van der Waals surface area contributed by atoms with Gasteiger partial charge in [-0.2, -0.15) is 5.26 Å². The van der Waals surface area contributed by atoms with Crippen LogP contribution in [0.15, 0.2) is 24.7 Å². The molecule has 0 aliphatic heterocycles. The Hall–Kier alpha value is -2.55. The Labute approximate surface area is 98.7 Å². The van der Waals surface area contributed by atoms with Gasteiger partial charge >= 0.3 is 0 Å². The lowest BCUT2D eigenvalue weighted by molar-refractivity contribution is 0.811. The fourth-order valence-corrected chi connectivity index (χ4v) is 1.44. The molecule has 0 fully saturated rings. The van der Waals surface area contributed by atoms with Gasteiger partial charge in [-0.05, 0) is 6.07 Å². The van der Waals surface area contributed by atoms with Gasteiger partial charge in [0.05, 0.1) is 17.8 Å². The summed E-state index contributed by atoms with van der Waals surface area (Å²) < 4.78 is 1.90. The van der Waals surface area contributed by atoms with E-state index in [1.807, 2.05) is 23.9 Å². The first kappa shape index (κ1) is 11.0. The number of nitriles is 1. The van der Waals surface area contributed by atoms with Crippen molar-refractivity contribution in [3.8, 4) is 6.07 Å². The summed E-state index contributed by atoms with van der Waals surface area (Å²) in [7, 11) is 1.91. The second-order valence-corrected chi connectivity index (χ2v) is 3.54. The van der Waals surface area contributed by atoms with Crippen molar-refractivity contribution >= 4 is 11.5 Å². The Kier molecular flexibility index (Phi) is 2.92. The lowest BCUT2D eigenvalue weighted by Gasteiger charge is -2.08. The van der Waals surface area contributed by atoms with Gasteiger partial charge in [0.15, 0.2) is 5.82 Å². The molecule has 0 bridgehead atoms. The van der Waals surface area contributed by atoms with Gasteiger partial charge < -0.3 is 15.6 Å². The van der Waals surface area contributed by atoms with Crippen molar-refractivity contribution in [2.45, 2.75) is 6.54 Å². The van der Waals surface area contributed by atoms with Crippen molar-refractivity contribution in [3.05, 3.63) is 36.0 Å². The van der Waals surface area contributed by atoms with Crippen LogP contribution < -0.4 is 11.1 Å². The Morgan fingerprint density at radius 1 is 1.47 bits per heavy atom. The number of hydrogen-bond donors (Lipinski definition) is 2. The molecule has 2 rings (SSSR count). The largest absolute Gasteiger partial charge is 0.395 e. The third-order valence-electron chi connectivity index (χ3n) is 2.45. The highest BCUT2D eigenvalue weighted by Gasteiger charge is 2.06. The number of nitrogen functional groups attached to an aromatic ring is 1. The minimum absolute atomic E-state index is 0.365. The molecular weight excluding hydrogens is 216 g/mol. The van der Waals surface area contributed by atoms with Gasteiger partial charge in [0.1, 0.15) is 11.9 Å². The molecule has 0 atom stereocenters. The van der Waals surface area contributed by atoms with Crippen LogP contribution in [0.2, 0.25) is 0 Å². The first-order valence-electron chi connectivity index (χ1n) is 5.07. The van der Waals surface area contributed by atoms with E-state index < -0.39 is 0 Å². The zero-order valence-corrected chi connectivity index (χ0v) is 9.38. The van der Waals surface area contributed by atoms with E-state index in [1.54, 1.807) is 18.5 Å². The predicted molar refractivity (Wildman–Crippen MR) is 63.9 cm³/mol. The number of rotatable bonds is 3. The topological polar surface area (TPSA) is 92.5 Å². The molecule has 6 heteroatoms. The summed E-state index contributed by atoms with van der Waals surface area (Å²) in [6.07, 6.45) is 5.13. The summed E-state index contributed by atoms with van der Waals surface area (Å²) in [6.45, 7) is 0.510. The van der Waals surface area contributed by atoms with E-state index in [0.29, 0.717) is 23.6 Å². The Bertz CT molecular complexity index is 566. The quantitative estimate of drug-likeness (QED) is 0.813. The highest BCUT2D eigenvalue weighted by molar-refractivity contribution is 5.68. The molecule has 2 aromatic heterocycles. The van der Waals surface area contributed by atoms with Gasteiger partial charge in [-0.25, -0.2) is 9.97 Å². The molecule has 6 nitrogen and oxygen atoms in total. The summed E-state index contributed by atoms with van der Waals surface area (Å²) in [5.41, 5.74) is 6.58. The minimum Gasteiger partial charge on any atom is -0.395 e. The maximum atomic E-state index is 8.84. The van der Waals surface area contributed by atoms with Crippen LogP contribution in [-0.2, 0) is 13.6 Å². The highest BCUT2D eigenvalue weighted by atomic mass is 15.1. The van der Waals surface area contributed by atoms with Crippen LogP contribution >= 0.6 is 0 Å². The van der Waals surface area contributed by atoms with E-state index in [9.17, 15) is 0 Å². The SMILES string of the molecule is Cn1ccnc1CNc1nccc(C#N)c1N. The lowest BCUT2D eigenvalue weighted by Crippen LogP contribution is -2.09. The van der Waals surface area contributed by atoms with E-state index in [-0.39, 0.29) is 0 Å². The van der Waals surface area contributed by atoms with Gasteiger partial charge in [0.25, 0.3) is 0 Å². The van der Waals surface area contributed by atoms with Crippen molar-refractivity contribution in [3.63, 3.8) is 0 Å². The molecule has 0 radical (unpaired) electrons. The number of aryl methyl sites for hydroxylation is 1. The molecule has 3 N–H and O–H groups in total. The van der Waals surface area contributed by atoms with Crippen molar-refractivity contribution < 1.29 is 0 Å². The molecule has 0 aliphatic carbocycles. The fourth-order valence-electron chi connectivity index (χ4n) is 1.44. The Morgan fingerprint density at radius 2 is 2.29 bits per heavy atom. The molecule has 86 valence electrons. The van der Waals surface area contributed by atoms with E-state index in [4.69, 9.17) is 11.0 Å². The van der Waals surface area contributed by atoms with Gasteiger partial charge in [0.2, 0.25) is 0 Å². The second-order valence-electron chi connectivity index (χ2n) is 3.54. The number of nitrogens with zero attached hydrogens (tertiary/aromatic N) is 4. The number of nitrogens with one attached hydrogen (secondary N) is 1. The molecule has 2 heterocycles. The molecule has 0 saturated carbocycles. The second kappa shape index (κ2) is 4.53. The standard InChI is InChI=1S/C11H12N6/c1-17-5-4-14-9(17)7-16-11-10(13)8(6-12)2-3-15-11/h2-5H,7,13H2,1H3,(H,15,16). The molecule has 0 aliphatic rings. The van der Waals surface area contributed by atoms with Crippen LogP contribution in [0.25, 0.3) is 0 Å². The Morgan fingerprint density at radius 3 is 2.94 bits per heavy atom. The number of nitrogens with two attached hydrogens (primary N) is 1. The smallest absolute Gasteiger partial charge is 0.150 e. The van der Waals surface area contributed by atoms with E-state index in [2.05, 4.69) is 15.3 Å². The summed E-state index contributed by atoms with van der Waals surface area (Å²) in [6, 6.07) is 3.60. The zero-order chi connectivity index (χ0) is 12.3. The summed E-state index contributed by atoms with van der Waals surface area (Å²) >= 11 is 0. The third kappa shape index (κ3) is 2.18. The van der Waals surface area contributed by atoms with Crippen molar-refractivity contribution in [2.75, 3.05) is 11.1 Å². The maximum absolute atomic E-state index is 8.84. The predicted octanol–water partition coefficient (Wildman–Crippen LogP) is 0.881. The van der Waals surface area contributed by atoms with Crippen LogP contribution in [0.4, 0.5) is 11.5 Å². The number of pyridine rings is 1. The molecule has 0 spiro atoms. The Balaban J connectivity index is 2.15. The molecule has 0 unspecified atom stereocenters. The van der Waals surface area contributed by atoms with E-state index >= 15 is 0 Å². The summed E-state index contributed by atoms with van der Waals surface area (Å²) in [4.78, 5) is 8.26. The van der Waals surface area contributed by atoms with Crippen LogP contribution in [0, 0.1) is 11.3 Å². The summed E-state index contributed by atoms with van der Waals surface area (Å²) in [5, 5.41) is 11.9. The van der Waals surface area contributed by atoms with Gasteiger partial charge in [-0.15, -0.1) is 0 Å². The average Bonchev–Trinajstić information content (AvgIpc) is 2.74. The molecule has 0 amide bonds. The van der Waals surface area contributed by atoms with Crippen LogP contribution in [0.1, 0.15) is 11.4 Å². The molecule has 0 aromatic carbocycles. The lowest BCUT2D eigenvalue weighted by atomic mass is 10.2. The van der Waals surface area contributed by atoms with Crippen molar-refractivity contribution in [1.29, 1.82) is 5.26 Å². The van der Waals surface area contributed by atoms with Crippen LogP contribution in [0.3, 0.4) is 0 Å². The van der Waals surface area contributed by atoms with Crippen molar-refractivity contribution in [2.24, 2.45) is 7.05 Å². The number of aromatic nitrogens is 3. The number of imidazole rings is 1. The number of hydrogen-bond acceptors (Lipinski definition) is 5. The van der Waals surface area contributed by atoms with Gasteiger partial charge in [-0.1, -0.05) is 0 Å². The molecule has 0 saturated heterocycles. The normalized spacial score (nSPS) is 9.88. The first-order chi connectivity index (χ1) is 8.22. The van der Waals surface area contributed by atoms with Crippen LogP contribution in [0.5, 0.6) is 0 Å². The van der Waals surface area contributed by atoms with Crippen molar-refractivity contribution in [1.82, 2.24) is 14.5 Å². The third-order valence-corrected chi connectivity index (χ3v) is 2.45. The zero-order valence-electron chi connectivity index (χ0n) is 9.38. The highest BCUT2D eigenvalue weighted by Crippen LogP contribution is 2.19. The molecular formula is C11H12N6. The average molecular weight is 228 g/mol. The van der Waals surface area contributed by atoms with Gasteiger partial charge in [-0.3, -0.25) is 0 Å². The fraction of sp³-hybridized carbons (Fsp3) is 0.182. The van der Waals surface area contributed by atoms with Gasteiger partial charge in [0, 0.05) is 25.6 Å². The monoisotopic (exact) mass is 228 g/mol. The first-order valence-corrected chi connectivity index (χ1v) is 5.07. The minimum atomic E-state index is 0.365. The van der Waals surface area contributed by atoms with E-state index in [0.717, 1.165) is 5.82 Å². The number of anilines is 2. The maximum Gasteiger partial charge on any atom is 0.150 e. The molecule has 17 heavy (non-hydrogen) atoms. The van der Waals surface area contributed by atoms with Crippen LogP contribution in [-0.4, -0.2) is 14.5 Å². The summed E-state index contributed by atoms with van der Waals surface area (Å²) in [5.74, 6) is 1.38. The van der Waals surface area contributed by atoms with E-state index in [1.165, 1.54) is 0 Å².